The smallest absolute Gasteiger partial charge is 0.129 e. The van der Waals surface area contributed by atoms with E-state index in [1.165, 1.54) is 6.07 Å². The fraction of sp³-hybridized carbons (Fsp3) is 0.500. The van der Waals surface area contributed by atoms with Gasteiger partial charge in [-0.1, -0.05) is 31.5 Å². The van der Waals surface area contributed by atoms with Crippen LogP contribution in [0.4, 0.5) is 4.39 Å². The van der Waals surface area contributed by atoms with Crippen molar-refractivity contribution in [3.05, 3.63) is 34.1 Å². The number of halogens is 2. The summed E-state index contributed by atoms with van der Waals surface area (Å²) in [5.74, 6) is -0.520. The number of aliphatic hydroxyl groups excluding tert-OH is 1. The predicted molar refractivity (Wildman–Crippen MR) is 63.9 cm³/mol. The lowest BCUT2D eigenvalue weighted by molar-refractivity contribution is 0.0966. The quantitative estimate of drug-likeness (QED) is 0.860. The van der Waals surface area contributed by atoms with Gasteiger partial charge in [-0.25, -0.2) is 4.39 Å². The summed E-state index contributed by atoms with van der Waals surface area (Å²) in [4.78, 5) is 0. The summed E-state index contributed by atoms with van der Waals surface area (Å²) in [6.45, 7) is 5.43. The van der Waals surface area contributed by atoms with Gasteiger partial charge in [0.15, 0.2) is 0 Å². The maximum Gasteiger partial charge on any atom is 0.129 e. The molecule has 0 fully saturated rings. The molecule has 2 atom stereocenters. The van der Waals surface area contributed by atoms with Gasteiger partial charge in [0.25, 0.3) is 0 Å². The first-order valence-electron chi connectivity index (χ1n) is 5.24. The molecule has 0 unspecified atom stereocenters. The molecule has 90 valence electrons. The molecule has 2 nitrogen and oxygen atoms in total. The van der Waals surface area contributed by atoms with Crippen LogP contribution in [-0.4, -0.2) is 11.2 Å². The topological polar surface area (TPSA) is 46.2 Å². The van der Waals surface area contributed by atoms with Gasteiger partial charge in [-0.15, -0.1) is 0 Å². The van der Waals surface area contributed by atoms with E-state index >= 15 is 0 Å². The molecule has 0 bridgehead atoms. The predicted octanol–water partition coefficient (Wildman–Crippen LogP) is 2.80. The zero-order valence-electron chi connectivity index (χ0n) is 9.67. The second-order valence-electron chi connectivity index (χ2n) is 4.35. The van der Waals surface area contributed by atoms with Crippen molar-refractivity contribution in [1.82, 2.24) is 0 Å². The van der Waals surface area contributed by atoms with Crippen molar-refractivity contribution in [2.24, 2.45) is 11.7 Å². The lowest BCUT2D eigenvalue weighted by Gasteiger charge is -2.24. The first-order chi connectivity index (χ1) is 7.36. The highest BCUT2D eigenvalue weighted by molar-refractivity contribution is 6.32. The summed E-state index contributed by atoms with van der Waals surface area (Å²) in [6, 6.07) is 2.12. The highest BCUT2D eigenvalue weighted by Gasteiger charge is 2.25. The number of rotatable bonds is 3. The van der Waals surface area contributed by atoms with Gasteiger partial charge in [0.1, 0.15) is 5.82 Å². The van der Waals surface area contributed by atoms with E-state index in [0.717, 1.165) is 5.56 Å². The van der Waals surface area contributed by atoms with Gasteiger partial charge in [-0.2, -0.15) is 0 Å². The first-order valence-corrected chi connectivity index (χ1v) is 5.62. The van der Waals surface area contributed by atoms with Crippen LogP contribution in [0.2, 0.25) is 5.02 Å². The van der Waals surface area contributed by atoms with Crippen LogP contribution < -0.4 is 5.73 Å². The Hall–Kier alpha value is -0.640. The molecule has 16 heavy (non-hydrogen) atoms. The van der Waals surface area contributed by atoms with Crippen molar-refractivity contribution < 1.29 is 9.50 Å². The Bertz CT molecular complexity index is 382. The Morgan fingerprint density at radius 2 is 1.94 bits per heavy atom. The minimum absolute atomic E-state index is 0.0500. The van der Waals surface area contributed by atoms with Gasteiger partial charge in [-0.3, -0.25) is 0 Å². The van der Waals surface area contributed by atoms with Crippen molar-refractivity contribution in [3.63, 3.8) is 0 Å². The molecule has 0 amide bonds. The lowest BCUT2D eigenvalue weighted by atomic mass is 9.93. The Balaban J connectivity index is 3.17. The Kier molecular flexibility index (Phi) is 4.30. The van der Waals surface area contributed by atoms with Crippen LogP contribution in [0.3, 0.4) is 0 Å². The maximum absolute atomic E-state index is 13.6. The fourth-order valence-corrected chi connectivity index (χ4v) is 1.85. The van der Waals surface area contributed by atoms with E-state index in [-0.39, 0.29) is 11.5 Å². The van der Waals surface area contributed by atoms with E-state index < -0.39 is 18.0 Å². The fourth-order valence-electron chi connectivity index (χ4n) is 1.57. The molecular weight excluding hydrogens is 229 g/mol. The Morgan fingerprint density at radius 1 is 1.38 bits per heavy atom. The molecular formula is C12H17ClFNO. The van der Waals surface area contributed by atoms with E-state index in [1.807, 2.05) is 13.8 Å². The van der Waals surface area contributed by atoms with Crippen LogP contribution in [0.1, 0.15) is 31.0 Å². The number of hydrogen-bond donors (Lipinski definition) is 2. The van der Waals surface area contributed by atoms with Gasteiger partial charge < -0.3 is 10.8 Å². The summed E-state index contributed by atoms with van der Waals surface area (Å²) in [5.41, 5.74) is 6.79. The molecule has 4 heteroatoms. The summed E-state index contributed by atoms with van der Waals surface area (Å²) < 4.78 is 13.6. The van der Waals surface area contributed by atoms with E-state index in [0.29, 0.717) is 5.02 Å². The normalized spacial score (nSPS) is 15.2. The summed E-state index contributed by atoms with van der Waals surface area (Å²) in [5, 5.41) is 10.1. The molecule has 0 saturated carbocycles. The first kappa shape index (κ1) is 13.4. The van der Waals surface area contributed by atoms with Crippen LogP contribution in [0.25, 0.3) is 0 Å². The molecule has 0 radical (unpaired) electrons. The average Bonchev–Trinajstić information content (AvgIpc) is 2.22. The van der Waals surface area contributed by atoms with Gasteiger partial charge in [0.2, 0.25) is 0 Å². The molecule has 0 aromatic heterocycles. The standard InChI is InChI=1S/C12H17ClFNO/c1-6(2)12(16)11(15)9-8(14)5-4-7(3)10(9)13/h4-6,11-12,16H,15H2,1-3H3/t11-,12+/m1/s1. The third-order valence-corrected chi connectivity index (χ3v) is 3.21. The van der Waals surface area contributed by atoms with E-state index in [9.17, 15) is 9.50 Å². The number of aryl methyl sites for hydroxylation is 1. The second-order valence-corrected chi connectivity index (χ2v) is 4.73. The van der Waals surface area contributed by atoms with Crippen molar-refractivity contribution in [2.75, 3.05) is 0 Å². The highest BCUT2D eigenvalue weighted by Crippen LogP contribution is 2.31. The van der Waals surface area contributed by atoms with Crippen LogP contribution >= 0.6 is 11.6 Å². The van der Waals surface area contributed by atoms with E-state index in [1.54, 1.807) is 13.0 Å². The minimum Gasteiger partial charge on any atom is -0.391 e. The molecule has 0 saturated heterocycles. The van der Waals surface area contributed by atoms with E-state index in [2.05, 4.69) is 0 Å². The SMILES string of the molecule is Cc1ccc(F)c([C@@H](N)[C@@H](O)C(C)C)c1Cl. The average molecular weight is 246 g/mol. The maximum atomic E-state index is 13.6. The van der Waals surface area contributed by atoms with Crippen LogP contribution in [0.15, 0.2) is 12.1 Å². The third-order valence-electron chi connectivity index (χ3n) is 2.70. The highest BCUT2D eigenvalue weighted by atomic mass is 35.5. The van der Waals surface area contributed by atoms with Crippen molar-refractivity contribution >= 4 is 11.6 Å². The molecule has 3 N–H and O–H groups in total. The minimum atomic E-state index is -0.811. The monoisotopic (exact) mass is 245 g/mol. The van der Waals surface area contributed by atoms with Crippen LogP contribution in [0.5, 0.6) is 0 Å². The summed E-state index contributed by atoms with van der Waals surface area (Å²) in [6.07, 6.45) is -0.811. The van der Waals surface area contributed by atoms with Crippen LogP contribution in [0, 0.1) is 18.7 Å². The van der Waals surface area contributed by atoms with E-state index in [4.69, 9.17) is 17.3 Å². The van der Waals surface area contributed by atoms with Crippen LogP contribution in [-0.2, 0) is 0 Å². The van der Waals surface area contributed by atoms with Gasteiger partial charge in [0, 0.05) is 5.56 Å². The lowest BCUT2D eigenvalue weighted by Crippen LogP contribution is -2.31. The molecule has 1 rings (SSSR count). The van der Waals surface area contributed by atoms with Gasteiger partial charge in [0.05, 0.1) is 17.2 Å². The Morgan fingerprint density at radius 3 is 2.44 bits per heavy atom. The molecule has 0 aliphatic carbocycles. The molecule has 0 heterocycles. The third kappa shape index (κ3) is 2.54. The number of aliphatic hydroxyl groups is 1. The summed E-state index contributed by atoms with van der Waals surface area (Å²) >= 11 is 6.01. The number of nitrogens with two attached hydrogens (primary N) is 1. The van der Waals surface area contributed by atoms with Gasteiger partial charge >= 0.3 is 0 Å². The zero-order valence-corrected chi connectivity index (χ0v) is 10.4. The van der Waals surface area contributed by atoms with Crippen molar-refractivity contribution in [1.29, 1.82) is 0 Å². The molecule has 0 aliphatic rings. The molecule has 1 aromatic carbocycles. The second kappa shape index (κ2) is 5.13. The molecule has 0 aliphatic heterocycles. The zero-order chi connectivity index (χ0) is 12.5. The Labute approximate surface area is 100 Å². The van der Waals surface area contributed by atoms with Crippen molar-refractivity contribution in [3.8, 4) is 0 Å². The number of benzene rings is 1. The molecule has 1 aromatic rings. The molecule has 0 spiro atoms. The number of hydrogen-bond acceptors (Lipinski definition) is 2. The van der Waals surface area contributed by atoms with Crippen molar-refractivity contribution in [2.45, 2.75) is 32.9 Å². The largest absolute Gasteiger partial charge is 0.391 e. The van der Waals surface area contributed by atoms with Gasteiger partial charge in [-0.05, 0) is 24.5 Å². The summed E-state index contributed by atoms with van der Waals surface area (Å²) in [7, 11) is 0.